The van der Waals surface area contributed by atoms with E-state index in [1.54, 1.807) is 45.3 Å². The number of rotatable bonds is 13. The number of fused-ring (bicyclic) bond motifs is 1. The van der Waals surface area contributed by atoms with Crippen LogP contribution in [0.3, 0.4) is 0 Å². The lowest BCUT2D eigenvalue weighted by Crippen LogP contribution is -2.71. The second-order valence-corrected chi connectivity index (χ2v) is 15.5. The Labute approximate surface area is 341 Å². The molecule has 3 atom stereocenters. The van der Waals surface area contributed by atoms with Crippen molar-refractivity contribution in [1.82, 2.24) is 45.5 Å². The quantitative estimate of drug-likeness (QED) is 0.0770. The zero-order valence-electron chi connectivity index (χ0n) is 31.7. The number of nitrogens with zero attached hydrogens (tertiary/aromatic N) is 7. The van der Waals surface area contributed by atoms with Gasteiger partial charge in [-0.05, 0) is 51.7 Å². The fraction of sp³-hybridized carbons (Fsp3) is 0.308. The number of urea groups is 1. The van der Waals surface area contributed by atoms with Gasteiger partial charge in [0.1, 0.15) is 23.2 Å². The molecule has 6 amide bonds. The minimum absolute atomic E-state index is 0.0572. The lowest BCUT2D eigenvalue weighted by molar-refractivity contribution is -0.155. The van der Waals surface area contributed by atoms with E-state index >= 15 is 0 Å². The Bertz CT molecular complexity index is 2220. The lowest BCUT2D eigenvalue weighted by atomic mass is 10.00. The third kappa shape index (κ3) is 8.12. The first-order valence-corrected chi connectivity index (χ1v) is 20.4. The number of piperazine rings is 1. The molecule has 7 rings (SSSR count). The molecule has 4 aromatic rings. The Balaban J connectivity index is 1.15. The second kappa shape index (κ2) is 17.5. The maximum absolute atomic E-state index is 14.4. The minimum atomic E-state index is -1.37. The summed E-state index contributed by atoms with van der Waals surface area (Å²) in [5.74, 6) is -3.24. The van der Waals surface area contributed by atoms with Crippen LogP contribution < -0.4 is 16.0 Å². The number of hydrogen-bond donors (Lipinski definition) is 3. The smallest absolute Gasteiger partial charge is 0.356 e. The molecule has 0 bridgehead atoms. The van der Waals surface area contributed by atoms with Crippen LogP contribution in [0, 0.1) is 0 Å². The first-order valence-electron chi connectivity index (χ1n) is 18.4. The molecule has 4 heterocycles. The van der Waals surface area contributed by atoms with Crippen molar-refractivity contribution in [3.05, 3.63) is 113 Å². The van der Waals surface area contributed by atoms with Crippen LogP contribution in [-0.2, 0) is 35.8 Å². The molecule has 2 saturated heterocycles. The summed E-state index contributed by atoms with van der Waals surface area (Å²) in [4.78, 5) is 85.3. The standard InChI is InChI=1S/C39H40N10O7S2/c1-4-47-18-19-48(35(53)34(47)52)38(55)42-28(25-16-11-17-27(20-25)40-2)32(50)41-29-33(51)49-30(26(21-57-36(29)49)22-58-39-43-44-45-46(39)3)37(54)56-31(23-12-7-5-8-13-23)24-14-9-6-10-15-24/h5-17,20,28-29,31,36,40H,4,18-19,21-22H2,1-3H3,(H,41,50)(H,42,55)/t28-,29-,36-/m1/s1. The Morgan fingerprint density at radius 1 is 0.931 bits per heavy atom. The number of thioether (sulfide) groups is 2. The number of esters is 1. The average Bonchev–Trinajstić information content (AvgIpc) is 3.67. The van der Waals surface area contributed by atoms with Crippen molar-refractivity contribution in [1.29, 1.82) is 0 Å². The summed E-state index contributed by atoms with van der Waals surface area (Å²) in [5.41, 5.74) is 3.16. The molecule has 3 aliphatic rings. The highest BCUT2D eigenvalue weighted by Crippen LogP contribution is 2.43. The number of likely N-dealkylation sites (N-methyl/N-ethyl adjacent to an activating group) is 1. The molecule has 3 N–H and O–H groups in total. The van der Waals surface area contributed by atoms with Crippen molar-refractivity contribution in [2.24, 2.45) is 7.05 Å². The van der Waals surface area contributed by atoms with Crippen molar-refractivity contribution in [3.8, 4) is 0 Å². The van der Waals surface area contributed by atoms with Gasteiger partial charge in [-0.2, -0.15) is 0 Å². The fourth-order valence-corrected chi connectivity index (χ4v) is 9.14. The van der Waals surface area contributed by atoms with Crippen molar-refractivity contribution in [2.75, 3.05) is 43.5 Å². The molecular formula is C39H40N10O7S2. The third-order valence-electron chi connectivity index (χ3n) is 9.90. The summed E-state index contributed by atoms with van der Waals surface area (Å²) in [7, 11) is 3.39. The van der Waals surface area contributed by atoms with Crippen molar-refractivity contribution in [3.63, 3.8) is 0 Å². The van der Waals surface area contributed by atoms with E-state index in [4.69, 9.17) is 4.74 Å². The van der Waals surface area contributed by atoms with E-state index in [-0.39, 0.29) is 24.5 Å². The maximum Gasteiger partial charge on any atom is 0.356 e. The minimum Gasteiger partial charge on any atom is -0.448 e. The molecule has 0 aliphatic carbocycles. The van der Waals surface area contributed by atoms with Gasteiger partial charge in [-0.3, -0.25) is 29.0 Å². The summed E-state index contributed by atoms with van der Waals surface area (Å²) in [6.07, 6.45) is -0.788. The first-order chi connectivity index (χ1) is 28.1. The number of carbonyl (C=O) groups is 6. The number of carbonyl (C=O) groups excluding carboxylic acids is 6. The van der Waals surface area contributed by atoms with Crippen LogP contribution in [0.5, 0.6) is 0 Å². The summed E-state index contributed by atoms with van der Waals surface area (Å²) < 4.78 is 7.77. The molecule has 0 unspecified atom stereocenters. The van der Waals surface area contributed by atoms with Gasteiger partial charge in [-0.15, -0.1) is 16.9 Å². The van der Waals surface area contributed by atoms with E-state index in [0.717, 1.165) is 16.0 Å². The van der Waals surface area contributed by atoms with Crippen molar-refractivity contribution >= 4 is 64.8 Å². The molecule has 3 aliphatic heterocycles. The molecular weight excluding hydrogens is 785 g/mol. The molecule has 17 nitrogen and oxygen atoms in total. The van der Waals surface area contributed by atoms with Gasteiger partial charge in [-0.25, -0.2) is 14.3 Å². The summed E-state index contributed by atoms with van der Waals surface area (Å²) >= 11 is 2.66. The van der Waals surface area contributed by atoms with Gasteiger partial charge in [0.15, 0.2) is 6.10 Å². The number of anilines is 1. The SMILES string of the molecule is CCN1CCN(C(=O)N[C@@H](C(=O)N[C@@H]2C(=O)N3C(C(=O)OC(c4ccccc4)c4ccccc4)=C(CSc4nnnn4C)CS[C@H]23)c2cccc(NC)c2)C(=O)C1=O. The maximum atomic E-state index is 14.4. The van der Waals surface area contributed by atoms with Crippen LogP contribution in [0.25, 0.3) is 0 Å². The molecule has 2 fully saturated rings. The highest BCUT2D eigenvalue weighted by atomic mass is 32.2. The number of imide groups is 1. The van der Waals surface area contributed by atoms with Gasteiger partial charge in [0.25, 0.3) is 5.91 Å². The third-order valence-corrected chi connectivity index (χ3v) is 12.3. The number of benzene rings is 3. The van der Waals surface area contributed by atoms with Gasteiger partial charge in [-0.1, -0.05) is 84.6 Å². The number of hydrogen-bond acceptors (Lipinski definition) is 13. The number of aromatic nitrogens is 4. The van der Waals surface area contributed by atoms with Crippen LogP contribution in [0.15, 0.2) is 101 Å². The van der Waals surface area contributed by atoms with E-state index in [1.807, 2.05) is 60.7 Å². The second-order valence-electron chi connectivity index (χ2n) is 13.4. The van der Waals surface area contributed by atoms with E-state index in [2.05, 4.69) is 31.5 Å². The fourth-order valence-electron chi connectivity index (χ4n) is 6.81. The lowest BCUT2D eigenvalue weighted by Gasteiger charge is -2.50. The Kier molecular flexibility index (Phi) is 12.1. The van der Waals surface area contributed by atoms with Gasteiger partial charge in [0.05, 0.1) is 0 Å². The predicted molar refractivity (Wildman–Crippen MR) is 214 cm³/mol. The number of tetrazole rings is 1. The van der Waals surface area contributed by atoms with E-state index in [0.29, 0.717) is 34.3 Å². The van der Waals surface area contributed by atoms with Crippen LogP contribution in [0.1, 0.15) is 35.8 Å². The Morgan fingerprint density at radius 2 is 1.62 bits per heavy atom. The van der Waals surface area contributed by atoms with E-state index in [1.165, 1.54) is 38.0 Å². The van der Waals surface area contributed by atoms with Crippen molar-refractivity contribution in [2.45, 2.75) is 35.6 Å². The summed E-state index contributed by atoms with van der Waals surface area (Å²) in [6, 6.07) is 21.9. The molecule has 0 spiro atoms. The van der Waals surface area contributed by atoms with Crippen LogP contribution in [0.2, 0.25) is 0 Å². The summed E-state index contributed by atoms with van der Waals surface area (Å²) in [5, 5.41) is 19.8. The molecule has 0 saturated carbocycles. The van der Waals surface area contributed by atoms with Gasteiger partial charge in [0.2, 0.25) is 11.1 Å². The number of ether oxygens (including phenoxy) is 1. The van der Waals surface area contributed by atoms with Gasteiger partial charge < -0.3 is 25.6 Å². The normalized spacial score (nSPS) is 18.4. The Morgan fingerprint density at radius 3 is 2.26 bits per heavy atom. The molecule has 300 valence electrons. The summed E-state index contributed by atoms with van der Waals surface area (Å²) in [6.45, 7) is 2.13. The highest BCUT2D eigenvalue weighted by Gasteiger charge is 2.55. The van der Waals surface area contributed by atoms with Gasteiger partial charge >= 0.3 is 23.8 Å². The number of nitrogens with one attached hydrogen (secondary N) is 3. The highest BCUT2D eigenvalue weighted by molar-refractivity contribution is 8.01. The van der Waals surface area contributed by atoms with E-state index < -0.39 is 59.2 Å². The van der Waals surface area contributed by atoms with Crippen LogP contribution >= 0.6 is 23.5 Å². The van der Waals surface area contributed by atoms with Crippen LogP contribution in [-0.4, -0.2) is 120 Å². The monoisotopic (exact) mass is 824 g/mol. The largest absolute Gasteiger partial charge is 0.448 e. The molecule has 0 radical (unpaired) electrons. The topological polar surface area (TPSA) is 201 Å². The first kappa shape index (κ1) is 40.0. The number of aryl methyl sites for hydroxylation is 1. The molecule has 58 heavy (non-hydrogen) atoms. The number of β-lactam (4-membered cyclic amide) rings is 1. The van der Waals surface area contributed by atoms with Crippen LogP contribution in [0.4, 0.5) is 10.5 Å². The van der Waals surface area contributed by atoms with E-state index in [9.17, 15) is 28.8 Å². The van der Waals surface area contributed by atoms with Crippen molar-refractivity contribution < 1.29 is 33.5 Å². The molecule has 1 aromatic heterocycles. The van der Waals surface area contributed by atoms with Gasteiger partial charge in [0, 0.05) is 50.9 Å². The molecule has 19 heteroatoms. The number of amides is 6. The molecule has 3 aromatic carbocycles. The average molecular weight is 825 g/mol. The zero-order valence-corrected chi connectivity index (χ0v) is 33.4. The zero-order chi connectivity index (χ0) is 40.9. The Hall–Kier alpha value is -6.21. The predicted octanol–water partition coefficient (Wildman–Crippen LogP) is 2.47.